The molecule has 0 spiro atoms. The van der Waals surface area contributed by atoms with Crippen LogP contribution in [0.5, 0.6) is 0 Å². The molecule has 26 heavy (non-hydrogen) atoms. The highest BCUT2D eigenvalue weighted by Crippen LogP contribution is 2.37. The molecular weight excluding hydrogens is 330 g/mol. The maximum Gasteiger partial charge on any atom is 0.228 e. The van der Waals surface area contributed by atoms with Gasteiger partial charge in [-0.2, -0.15) is 5.10 Å². The van der Waals surface area contributed by atoms with Crippen LogP contribution in [0.1, 0.15) is 36.9 Å². The van der Waals surface area contributed by atoms with Crippen molar-refractivity contribution in [2.45, 2.75) is 32.4 Å². The van der Waals surface area contributed by atoms with Gasteiger partial charge >= 0.3 is 0 Å². The molecule has 3 rings (SSSR count). The Morgan fingerprint density at radius 2 is 2.08 bits per heavy atom. The number of hydrogen-bond donors (Lipinski definition) is 0. The maximum atomic E-state index is 13.2. The van der Waals surface area contributed by atoms with Gasteiger partial charge < -0.3 is 9.80 Å². The number of aromatic nitrogens is 3. The van der Waals surface area contributed by atoms with Gasteiger partial charge in [0.05, 0.1) is 18.2 Å². The topological polar surface area (TPSA) is 71.3 Å². The minimum atomic E-state index is -0.253. The largest absolute Gasteiger partial charge is 0.341 e. The normalized spacial score (nSPS) is 20.3. The molecule has 2 aromatic rings. The Morgan fingerprint density at radius 3 is 2.69 bits per heavy atom. The minimum Gasteiger partial charge on any atom is -0.341 e. The van der Waals surface area contributed by atoms with Gasteiger partial charge in [0.1, 0.15) is 0 Å². The average molecular weight is 355 g/mol. The lowest BCUT2D eigenvalue weighted by Crippen LogP contribution is -2.48. The van der Waals surface area contributed by atoms with E-state index in [0.717, 1.165) is 11.1 Å². The van der Waals surface area contributed by atoms with Crippen LogP contribution in [0.15, 0.2) is 36.9 Å². The summed E-state index contributed by atoms with van der Waals surface area (Å²) in [5.74, 6) is -0.0911. The Balaban J connectivity index is 1.85. The number of carbonyl (C=O) groups is 2. The minimum absolute atomic E-state index is 0.0571. The molecule has 0 aliphatic carbocycles. The number of pyridine rings is 1. The Labute approximate surface area is 153 Å². The molecule has 0 radical (unpaired) electrons. The van der Waals surface area contributed by atoms with Crippen LogP contribution in [0.3, 0.4) is 0 Å². The third kappa shape index (κ3) is 3.61. The number of carbonyl (C=O) groups excluding carboxylic acids is 2. The van der Waals surface area contributed by atoms with E-state index in [-0.39, 0.29) is 23.8 Å². The summed E-state index contributed by atoms with van der Waals surface area (Å²) in [6.07, 6.45) is 8.08. The van der Waals surface area contributed by atoms with Crippen molar-refractivity contribution in [1.29, 1.82) is 0 Å². The van der Waals surface area contributed by atoms with E-state index in [0.29, 0.717) is 25.9 Å². The Hall–Kier alpha value is -2.70. The van der Waals surface area contributed by atoms with E-state index in [9.17, 15) is 9.59 Å². The molecule has 2 aromatic heterocycles. The van der Waals surface area contributed by atoms with Gasteiger partial charge in [0.25, 0.3) is 0 Å². The van der Waals surface area contributed by atoms with Gasteiger partial charge in [-0.05, 0) is 31.0 Å². The highest BCUT2D eigenvalue weighted by Gasteiger charge is 2.40. The molecule has 2 atom stereocenters. The second-order valence-electron chi connectivity index (χ2n) is 6.77. The molecule has 1 saturated heterocycles. The SMILES string of the molecule is CCN1C(=O)CC[C@H](C(=O)N(C)Cc2cnn(C)c2)[C@H]1c1ccncc1. The molecule has 1 aliphatic heterocycles. The number of amides is 2. The van der Waals surface area contributed by atoms with Crippen LogP contribution in [0.25, 0.3) is 0 Å². The summed E-state index contributed by atoms with van der Waals surface area (Å²) < 4.78 is 1.73. The highest BCUT2D eigenvalue weighted by molar-refractivity contribution is 5.85. The lowest BCUT2D eigenvalue weighted by Gasteiger charge is -2.41. The average Bonchev–Trinajstić information content (AvgIpc) is 3.06. The maximum absolute atomic E-state index is 13.2. The van der Waals surface area contributed by atoms with Crippen LogP contribution < -0.4 is 0 Å². The standard InChI is InChI=1S/C19H25N5O2/c1-4-24-17(25)6-5-16(18(24)15-7-9-20-10-8-15)19(26)22(2)12-14-11-21-23(3)13-14/h7-11,13,16,18H,4-6,12H2,1-3H3/t16-,18+/m0/s1. The number of nitrogens with zero attached hydrogens (tertiary/aromatic N) is 5. The van der Waals surface area contributed by atoms with E-state index in [1.807, 2.05) is 44.2 Å². The number of hydrogen-bond acceptors (Lipinski definition) is 4. The summed E-state index contributed by atoms with van der Waals surface area (Å²) >= 11 is 0. The van der Waals surface area contributed by atoms with Crippen molar-refractivity contribution in [1.82, 2.24) is 24.6 Å². The first kappa shape index (κ1) is 18.1. The number of piperidine rings is 1. The fourth-order valence-electron chi connectivity index (χ4n) is 3.75. The molecule has 3 heterocycles. The van der Waals surface area contributed by atoms with Gasteiger partial charge in [-0.15, -0.1) is 0 Å². The molecule has 0 aromatic carbocycles. The van der Waals surface area contributed by atoms with Crippen molar-refractivity contribution in [3.8, 4) is 0 Å². The predicted molar refractivity (Wildman–Crippen MR) is 96.8 cm³/mol. The first-order valence-corrected chi connectivity index (χ1v) is 8.93. The third-order valence-corrected chi connectivity index (χ3v) is 4.97. The summed E-state index contributed by atoms with van der Waals surface area (Å²) in [6, 6.07) is 3.55. The molecule has 0 N–H and O–H groups in total. The van der Waals surface area contributed by atoms with Crippen LogP contribution in [0.4, 0.5) is 0 Å². The molecular formula is C19H25N5O2. The van der Waals surface area contributed by atoms with Gasteiger partial charge in [-0.25, -0.2) is 0 Å². The highest BCUT2D eigenvalue weighted by atomic mass is 16.2. The smallest absolute Gasteiger partial charge is 0.228 e. The van der Waals surface area contributed by atoms with Crippen molar-refractivity contribution in [3.63, 3.8) is 0 Å². The summed E-state index contributed by atoms with van der Waals surface area (Å²) in [5.41, 5.74) is 1.95. The van der Waals surface area contributed by atoms with Crippen LogP contribution in [-0.4, -0.2) is 50.0 Å². The Morgan fingerprint density at radius 1 is 1.35 bits per heavy atom. The summed E-state index contributed by atoms with van der Waals surface area (Å²) in [6.45, 7) is 3.05. The van der Waals surface area contributed by atoms with Gasteiger partial charge in [0, 0.05) is 57.8 Å². The lowest BCUT2D eigenvalue weighted by molar-refractivity contribution is -0.147. The van der Waals surface area contributed by atoms with E-state index in [1.165, 1.54) is 0 Å². The fraction of sp³-hybridized carbons (Fsp3) is 0.474. The molecule has 1 fully saturated rings. The first-order valence-electron chi connectivity index (χ1n) is 8.93. The predicted octanol–water partition coefficient (Wildman–Crippen LogP) is 1.77. The van der Waals surface area contributed by atoms with Crippen LogP contribution in [0.2, 0.25) is 0 Å². The molecule has 138 valence electrons. The van der Waals surface area contributed by atoms with E-state index in [1.54, 1.807) is 28.2 Å². The van der Waals surface area contributed by atoms with E-state index in [2.05, 4.69) is 10.1 Å². The molecule has 0 saturated carbocycles. The summed E-state index contributed by atoms with van der Waals surface area (Å²) in [4.78, 5) is 33.2. The summed E-state index contributed by atoms with van der Waals surface area (Å²) in [7, 11) is 3.67. The molecule has 0 bridgehead atoms. The van der Waals surface area contributed by atoms with Gasteiger partial charge in [-0.1, -0.05) is 0 Å². The lowest BCUT2D eigenvalue weighted by atomic mass is 9.83. The zero-order chi connectivity index (χ0) is 18.7. The number of rotatable bonds is 5. The first-order chi connectivity index (χ1) is 12.5. The monoisotopic (exact) mass is 355 g/mol. The van der Waals surface area contributed by atoms with Crippen molar-refractivity contribution in [3.05, 3.63) is 48.0 Å². The second kappa shape index (κ2) is 7.68. The Bertz CT molecular complexity index is 773. The van der Waals surface area contributed by atoms with Gasteiger partial charge in [0.2, 0.25) is 11.8 Å². The number of aryl methyl sites for hydroxylation is 1. The van der Waals surface area contributed by atoms with Crippen molar-refractivity contribution in [2.24, 2.45) is 13.0 Å². The van der Waals surface area contributed by atoms with Crippen LogP contribution >= 0.6 is 0 Å². The fourth-order valence-corrected chi connectivity index (χ4v) is 3.75. The van der Waals surface area contributed by atoms with E-state index < -0.39 is 0 Å². The number of likely N-dealkylation sites (tertiary alicyclic amines) is 1. The molecule has 2 amide bonds. The van der Waals surface area contributed by atoms with Crippen molar-refractivity contribution < 1.29 is 9.59 Å². The quantitative estimate of drug-likeness (QED) is 0.820. The van der Waals surface area contributed by atoms with Gasteiger partial charge in [-0.3, -0.25) is 19.3 Å². The van der Waals surface area contributed by atoms with Crippen molar-refractivity contribution >= 4 is 11.8 Å². The summed E-state index contributed by atoms with van der Waals surface area (Å²) in [5, 5.41) is 4.16. The molecule has 7 heteroatoms. The zero-order valence-electron chi connectivity index (χ0n) is 15.5. The van der Waals surface area contributed by atoms with E-state index in [4.69, 9.17) is 0 Å². The second-order valence-corrected chi connectivity index (χ2v) is 6.77. The third-order valence-electron chi connectivity index (χ3n) is 4.97. The van der Waals surface area contributed by atoms with Crippen LogP contribution in [0, 0.1) is 5.92 Å². The zero-order valence-corrected chi connectivity index (χ0v) is 15.5. The molecule has 7 nitrogen and oxygen atoms in total. The van der Waals surface area contributed by atoms with Gasteiger partial charge in [0.15, 0.2) is 0 Å². The molecule has 0 unspecified atom stereocenters. The van der Waals surface area contributed by atoms with Crippen molar-refractivity contribution in [2.75, 3.05) is 13.6 Å². The molecule has 1 aliphatic rings. The van der Waals surface area contributed by atoms with Crippen LogP contribution in [-0.2, 0) is 23.2 Å². The van der Waals surface area contributed by atoms with E-state index >= 15 is 0 Å². The Kier molecular flexibility index (Phi) is 5.35.